The van der Waals surface area contributed by atoms with Crippen LogP contribution in [0.2, 0.25) is 0 Å². The topological polar surface area (TPSA) is 158 Å². The number of rotatable bonds is 16. The molecule has 0 radical (unpaired) electrons. The highest BCUT2D eigenvalue weighted by atomic mass is 16.6. The number of carbonyl (C=O) groups is 6. The molecule has 12 heteroatoms. The molecule has 0 atom stereocenters. The molecule has 0 aromatic carbocycles. The number of carbonyl (C=O) groups excluding carboxylic acids is 6. The SMILES string of the molecule is CCOC(=O)C(CC(CC(C(=O)OCC)C(=O)OCC)(C(=O)OCC)C(=O)OCC)C(=O)OCC. The van der Waals surface area contributed by atoms with Crippen LogP contribution < -0.4 is 0 Å². The summed E-state index contributed by atoms with van der Waals surface area (Å²) in [7, 11) is 0. The van der Waals surface area contributed by atoms with E-state index >= 15 is 0 Å². The van der Waals surface area contributed by atoms with E-state index in [9.17, 15) is 28.8 Å². The van der Waals surface area contributed by atoms with Gasteiger partial charge >= 0.3 is 35.8 Å². The molecule has 0 saturated carbocycles. The molecule has 0 saturated heterocycles. The minimum atomic E-state index is -2.44. The maximum Gasteiger partial charge on any atom is 0.323 e. The quantitative estimate of drug-likeness (QED) is 0.169. The standard InChI is InChI=1S/C23H36O12/c1-7-30-17(24)15(18(25)31-8-2)13-23(21(28)34-11-5,22(29)35-12-6)14-16(19(26)32-9-3)20(27)33-10-4/h15-16H,7-14H2,1-6H3. The van der Waals surface area contributed by atoms with E-state index in [0.717, 1.165) is 0 Å². The van der Waals surface area contributed by atoms with Crippen LogP contribution in [0.25, 0.3) is 0 Å². The van der Waals surface area contributed by atoms with Crippen LogP contribution in [-0.4, -0.2) is 75.5 Å². The number of esters is 6. The Morgan fingerprint density at radius 3 is 0.886 bits per heavy atom. The van der Waals surface area contributed by atoms with Gasteiger partial charge < -0.3 is 28.4 Å². The lowest BCUT2D eigenvalue weighted by molar-refractivity contribution is -0.180. The lowest BCUT2D eigenvalue weighted by atomic mass is 9.72. The van der Waals surface area contributed by atoms with Gasteiger partial charge in [-0.2, -0.15) is 0 Å². The van der Waals surface area contributed by atoms with Gasteiger partial charge in [-0.1, -0.05) is 0 Å². The van der Waals surface area contributed by atoms with Crippen molar-refractivity contribution in [1.29, 1.82) is 0 Å². The minimum Gasteiger partial charge on any atom is -0.465 e. The van der Waals surface area contributed by atoms with E-state index in [1.165, 1.54) is 41.5 Å². The first-order chi connectivity index (χ1) is 16.6. The van der Waals surface area contributed by atoms with Crippen molar-refractivity contribution in [2.45, 2.75) is 54.4 Å². The lowest BCUT2D eigenvalue weighted by Gasteiger charge is -2.32. The maximum atomic E-state index is 13.2. The minimum absolute atomic E-state index is 0.102. The molecule has 0 aromatic rings. The van der Waals surface area contributed by atoms with Crippen molar-refractivity contribution in [2.24, 2.45) is 17.3 Å². The third kappa shape index (κ3) is 9.18. The molecule has 35 heavy (non-hydrogen) atoms. The second-order valence-corrected chi connectivity index (χ2v) is 7.04. The Labute approximate surface area is 204 Å². The van der Waals surface area contributed by atoms with Crippen LogP contribution in [0.1, 0.15) is 54.4 Å². The third-order valence-corrected chi connectivity index (χ3v) is 4.72. The van der Waals surface area contributed by atoms with Gasteiger partial charge in [-0.25, -0.2) is 0 Å². The van der Waals surface area contributed by atoms with Gasteiger partial charge in [0.05, 0.1) is 39.6 Å². The maximum absolute atomic E-state index is 13.2. The Morgan fingerprint density at radius 1 is 0.457 bits per heavy atom. The molecule has 200 valence electrons. The van der Waals surface area contributed by atoms with Crippen molar-refractivity contribution in [2.75, 3.05) is 39.6 Å². The number of hydrogen-bond donors (Lipinski definition) is 0. The summed E-state index contributed by atoms with van der Waals surface area (Å²) in [5.74, 6) is -10.2. The van der Waals surface area contributed by atoms with E-state index in [2.05, 4.69) is 0 Å². The fourth-order valence-electron chi connectivity index (χ4n) is 3.23. The monoisotopic (exact) mass is 504 g/mol. The molecule has 0 aliphatic carbocycles. The first-order valence-electron chi connectivity index (χ1n) is 11.6. The normalized spacial score (nSPS) is 11.0. The van der Waals surface area contributed by atoms with Crippen molar-refractivity contribution in [3.8, 4) is 0 Å². The van der Waals surface area contributed by atoms with Crippen LogP contribution in [-0.2, 0) is 57.2 Å². The molecule has 0 unspecified atom stereocenters. The van der Waals surface area contributed by atoms with Crippen LogP contribution in [0.4, 0.5) is 0 Å². The van der Waals surface area contributed by atoms with Crippen molar-refractivity contribution in [3.63, 3.8) is 0 Å². The third-order valence-electron chi connectivity index (χ3n) is 4.72. The highest BCUT2D eigenvalue weighted by Gasteiger charge is 2.56. The van der Waals surface area contributed by atoms with E-state index < -0.39 is 65.9 Å². The highest BCUT2D eigenvalue weighted by Crippen LogP contribution is 2.39. The summed E-state index contributed by atoms with van der Waals surface area (Å²) in [5, 5.41) is 0. The Morgan fingerprint density at radius 2 is 0.686 bits per heavy atom. The lowest BCUT2D eigenvalue weighted by Crippen LogP contribution is -2.49. The average molecular weight is 505 g/mol. The fourth-order valence-corrected chi connectivity index (χ4v) is 3.23. The summed E-state index contributed by atoms with van der Waals surface area (Å²) in [6.07, 6.45) is -1.67. The summed E-state index contributed by atoms with van der Waals surface area (Å²) >= 11 is 0. The Kier molecular flexibility index (Phi) is 15.0. The predicted octanol–water partition coefficient (Wildman–Crippen LogP) is 1.36. The fraction of sp³-hybridized carbons (Fsp3) is 0.739. The summed E-state index contributed by atoms with van der Waals surface area (Å²) in [4.78, 5) is 77.1. The second-order valence-electron chi connectivity index (χ2n) is 7.04. The summed E-state index contributed by atoms with van der Waals surface area (Å²) in [6, 6.07) is 0. The first kappa shape index (κ1) is 31.8. The highest BCUT2D eigenvalue weighted by molar-refractivity contribution is 6.05. The number of ether oxygens (including phenoxy) is 6. The summed E-state index contributed by atoms with van der Waals surface area (Å²) in [5.41, 5.74) is -2.44. The van der Waals surface area contributed by atoms with Crippen molar-refractivity contribution >= 4 is 35.8 Å². The molecule has 0 fully saturated rings. The van der Waals surface area contributed by atoms with E-state index in [1.807, 2.05) is 0 Å². The molecule has 0 bridgehead atoms. The van der Waals surface area contributed by atoms with Crippen LogP contribution in [0.15, 0.2) is 0 Å². The summed E-state index contributed by atoms with van der Waals surface area (Å²) < 4.78 is 30.0. The van der Waals surface area contributed by atoms with Gasteiger partial charge in [0.25, 0.3) is 0 Å². The Bertz CT molecular complexity index is 647. The van der Waals surface area contributed by atoms with E-state index in [4.69, 9.17) is 28.4 Å². The molecule has 0 rings (SSSR count). The van der Waals surface area contributed by atoms with Crippen molar-refractivity contribution in [1.82, 2.24) is 0 Å². The average Bonchev–Trinajstić information content (AvgIpc) is 2.80. The van der Waals surface area contributed by atoms with Gasteiger partial charge in [-0.05, 0) is 54.4 Å². The van der Waals surface area contributed by atoms with Crippen LogP contribution in [0, 0.1) is 17.3 Å². The molecule has 12 nitrogen and oxygen atoms in total. The van der Waals surface area contributed by atoms with Gasteiger partial charge in [-0.15, -0.1) is 0 Å². The van der Waals surface area contributed by atoms with Crippen LogP contribution in [0.5, 0.6) is 0 Å². The van der Waals surface area contributed by atoms with E-state index in [0.29, 0.717) is 0 Å². The van der Waals surface area contributed by atoms with Gasteiger partial charge in [-0.3, -0.25) is 28.8 Å². The molecule has 0 N–H and O–H groups in total. The molecule has 0 heterocycles. The second kappa shape index (κ2) is 16.4. The van der Waals surface area contributed by atoms with Gasteiger partial charge in [0, 0.05) is 0 Å². The largest absolute Gasteiger partial charge is 0.465 e. The van der Waals surface area contributed by atoms with E-state index in [-0.39, 0.29) is 39.6 Å². The Balaban J connectivity index is 6.88. The van der Waals surface area contributed by atoms with Gasteiger partial charge in [0.1, 0.15) is 0 Å². The molecule has 0 aliphatic heterocycles. The Hall–Kier alpha value is -3.18. The zero-order valence-electron chi connectivity index (χ0n) is 21.2. The number of hydrogen-bond acceptors (Lipinski definition) is 12. The van der Waals surface area contributed by atoms with Gasteiger partial charge in [0.2, 0.25) is 0 Å². The van der Waals surface area contributed by atoms with Crippen LogP contribution in [0.3, 0.4) is 0 Å². The van der Waals surface area contributed by atoms with Crippen molar-refractivity contribution < 1.29 is 57.2 Å². The zero-order valence-corrected chi connectivity index (χ0v) is 21.2. The molecule has 0 aromatic heterocycles. The predicted molar refractivity (Wildman–Crippen MR) is 118 cm³/mol. The summed E-state index contributed by atoms with van der Waals surface area (Å²) in [6.45, 7) is 8.16. The molecular formula is C23H36O12. The molecule has 0 spiro atoms. The molecular weight excluding hydrogens is 468 g/mol. The van der Waals surface area contributed by atoms with Crippen LogP contribution >= 0.6 is 0 Å². The molecule has 0 amide bonds. The zero-order chi connectivity index (χ0) is 27.0. The van der Waals surface area contributed by atoms with Crippen molar-refractivity contribution in [3.05, 3.63) is 0 Å². The van der Waals surface area contributed by atoms with E-state index in [1.54, 1.807) is 0 Å². The molecule has 0 aliphatic rings. The first-order valence-corrected chi connectivity index (χ1v) is 11.6. The smallest absolute Gasteiger partial charge is 0.323 e. The van der Waals surface area contributed by atoms with Gasteiger partial charge in [0.15, 0.2) is 17.3 Å².